The molecule has 4 heteroatoms. The lowest BCUT2D eigenvalue weighted by Gasteiger charge is -2.19. The Hall–Kier alpha value is -0.280. The largest absolute Gasteiger partial charge is 0.394 e. The predicted octanol–water partition coefficient (Wildman–Crippen LogP) is 3.02. The molecule has 1 aromatic carbocycles. The predicted molar refractivity (Wildman–Crippen MR) is 64.6 cm³/mol. The maximum absolute atomic E-state index is 9.26. The number of halogens is 2. The van der Waals surface area contributed by atoms with Crippen LogP contribution < -0.4 is 5.32 Å². The molecule has 0 saturated heterocycles. The zero-order valence-corrected chi connectivity index (χ0v) is 10.3. The quantitative estimate of drug-likeness (QED) is 0.858. The second-order valence-corrected chi connectivity index (χ2v) is 4.63. The van der Waals surface area contributed by atoms with Crippen molar-refractivity contribution < 1.29 is 5.11 Å². The Bertz CT molecular complexity index is 308. The highest BCUT2D eigenvalue weighted by Crippen LogP contribution is 2.23. The van der Waals surface area contributed by atoms with Gasteiger partial charge in [0, 0.05) is 16.1 Å². The van der Waals surface area contributed by atoms with Crippen LogP contribution in [0.15, 0.2) is 18.2 Å². The molecule has 0 aliphatic carbocycles. The third kappa shape index (κ3) is 3.99. The van der Waals surface area contributed by atoms with Gasteiger partial charge in [-0.2, -0.15) is 0 Å². The zero-order valence-electron chi connectivity index (χ0n) is 8.80. The van der Waals surface area contributed by atoms with Crippen molar-refractivity contribution in [2.75, 3.05) is 6.61 Å². The van der Waals surface area contributed by atoms with Crippen LogP contribution in [0.4, 0.5) is 0 Å². The number of aliphatic hydroxyl groups excluding tert-OH is 1. The molecule has 0 aliphatic heterocycles. The SMILES string of the molecule is CC(C)NC(CO)c1cc(Cl)cc(Cl)c1. The summed E-state index contributed by atoms with van der Waals surface area (Å²) in [5.41, 5.74) is 0.906. The van der Waals surface area contributed by atoms with E-state index in [1.807, 2.05) is 26.0 Å². The lowest BCUT2D eigenvalue weighted by Crippen LogP contribution is -2.30. The first-order chi connectivity index (χ1) is 7.02. The average Bonchev–Trinajstić information content (AvgIpc) is 2.12. The summed E-state index contributed by atoms with van der Waals surface area (Å²) in [6, 6.07) is 5.46. The zero-order chi connectivity index (χ0) is 11.4. The van der Waals surface area contributed by atoms with Gasteiger partial charge in [-0.05, 0) is 23.8 Å². The average molecular weight is 248 g/mol. The van der Waals surface area contributed by atoms with Crippen LogP contribution in [0.25, 0.3) is 0 Å². The van der Waals surface area contributed by atoms with E-state index in [-0.39, 0.29) is 12.6 Å². The Labute approximate surface area is 100 Å². The first-order valence-electron chi connectivity index (χ1n) is 4.86. The molecule has 0 spiro atoms. The van der Waals surface area contributed by atoms with Gasteiger partial charge in [0.05, 0.1) is 12.6 Å². The molecule has 1 aromatic rings. The molecule has 0 saturated carbocycles. The Kier molecular flexibility index (Phi) is 4.87. The summed E-state index contributed by atoms with van der Waals surface area (Å²) in [5, 5.41) is 13.7. The van der Waals surface area contributed by atoms with E-state index in [2.05, 4.69) is 5.32 Å². The second-order valence-electron chi connectivity index (χ2n) is 3.76. The van der Waals surface area contributed by atoms with Crippen molar-refractivity contribution >= 4 is 23.2 Å². The van der Waals surface area contributed by atoms with Gasteiger partial charge in [-0.25, -0.2) is 0 Å². The van der Waals surface area contributed by atoms with Crippen LogP contribution in [0.2, 0.25) is 10.0 Å². The fraction of sp³-hybridized carbons (Fsp3) is 0.455. The van der Waals surface area contributed by atoms with Crippen LogP contribution in [-0.4, -0.2) is 17.8 Å². The summed E-state index contributed by atoms with van der Waals surface area (Å²) in [6.07, 6.45) is 0. The van der Waals surface area contributed by atoms with Crippen LogP contribution in [-0.2, 0) is 0 Å². The minimum Gasteiger partial charge on any atom is -0.394 e. The molecular weight excluding hydrogens is 233 g/mol. The Morgan fingerprint density at radius 3 is 2.13 bits per heavy atom. The molecule has 84 valence electrons. The van der Waals surface area contributed by atoms with Gasteiger partial charge in [0.25, 0.3) is 0 Å². The summed E-state index contributed by atoms with van der Waals surface area (Å²) in [6.45, 7) is 4.07. The fourth-order valence-corrected chi connectivity index (χ4v) is 1.98. The Balaban J connectivity index is 2.91. The van der Waals surface area contributed by atoms with Crippen molar-refractivity contribution in [1.82, 2.24) is 5.32 Å². The van der Waals surface area contributed by atoms with Gasteiger partial charge in [-0.3, -0.25) is 0 Å². The van der Waals surface area contributed by atoms with Crippen molar-refractivity contribution in [1.29, 1.82) is 0 Å². The van der Waals surface area contributed by atoms with Crippen molar-refractivity contribution in [3.63, 3.8) is 0 Å². The Morgan fingerprint density at radius 1 is 1.20 bits per heavy atom. The molecule has 0 fully saturated rings. The van der Waals surface area contributed by atoms with Crippen LogP contribution in [0.5, 0.6) is 0 Å². The Morgan fingerprint density at radius 2 is 1.73 bits per heavy atom. The van der Waals surface area contributed by atoms with Gasteiger partial charge in [-0.1, -0.05) is 37.0 Å². The third-order valence-corrected chi connectivity index (χ3v) is 2.44. The van der Waals surface area contributed by atoms with Gasteiger partial charge in [0.1, 0.15) is 0 Å². The van der Waals surface area contributed by atoms with Gasteiger partial charge >= 0.3 is 0 Å². The van der Waals surface area contributed by atoms with Crippen molar-refractivity contribution in [3.05, 3.63) is 33.8 Å². The van der Waals surface area contributed by atoms with E-state index in [1.54, 1.807) is 6.07 Å². The normalized spacial score (nSPS) is 13.2. The number of hydrogen-bond donors (Lipinski definition) is 2. The van der Waals surface area contributed by atoms with Gasteiger partial charge in [0.15, 0.2) is 0 Å². The monoisotopic (exact) mass is 247 g/mol. The minimum atomic E-state index is -0.124. The second kappa shape index (κ2) is 5.71. The van der Waals surface area contributed by atoms with Crippen molar-refractivity contribution in [2.24, 2.45) is 0 Å². The number of rotatable bonds is 4. The van der Waals surface area contributed by atoms with Gasteiger partial charge in [-0.15, -0.1) is 0 Å². The topological polar surface area (TPSA) is 32.3 Å². The van der Waals surface area contributed by atoms with Crippen LogP contribution in [0, 0.1) is 0 Å². The van der Waals surface area contributed by atoms with E-state index in [9.17, 15) is 5.11 Å². The van der Waals surface area contributed by atoms with E-state index in [0.29, 0.717) is 16.1 Å². The number of benzene rings is 1. The van der Waals surface area contributed by atoms with Gasteiger partial charge < -0.3 is 10.4 Å². The fourth-order valence-electron chi connectivity index (χ4n) is 1.43. The van der Waals surface area contributed by atoms with E-state index in [1.165, 1.54) is 0 Å². The van der Waals surface area contributed by atoms with E-state index in [4.69, 9.17) is 23.2 Å². The maximum atomic E-state index is 9.26. The lowest BCUT2D eigenvalue weighted by molar-refractivity contribution is 0.237. The molecule has 0 radical (unpaired) electrons. The van der Waals surface area contributed by atoms with Crippen molar-refractivity contribution in [2.45, 2.75) is 25.9 Å². The number of aliphatic hydroxyl groups is 1. The molecule has 2 N–H and O–H groups in total. The molecule has 1 unspecified atom stereocenters. The first kappa shape index (κ1) is 12.8. The highest BCUT2D eigenvalue weighted by atomic mass is 35.5. The highest BCUT2D eigenvalue weighted by Gasteiger charge is 2.12. The molecule has 2 nitrogen and oxygen atoms in total. The van der Waals surface area contributed by atoms with E-state index in [0.717, 1.165) is 5.56 Å². The summed E-state index contributed by atoms with van der Waals surface area (Å²) in [7, 11) is 0. The minimum absolute atomic E-state index is 0.0227. The molecule has 15 heavy (non-hydrogen) atoms. The summed E-state index contributed by atoms with van der Waals surface area (Å²) >= 11 is 11.8. The maximum Gasteiger partial charge on any atom is 0.0626 e. The summed E-state index contributed by atoms with van der Waals surface area (Å²) in [5.74, 6) is 0. The highest BCUT2D eigenvalue weighted by molar-refractivity contribution is 6.34. The van der Waals surface area contributed by atoms with Crippen LogP contribution in [0.1, 0.15) is 25.5 Å². The molecule has 0 aliphatic rings. The number of hydrogen-bond acceptors (Lipinski definition) is 2. The van der Waals surface area contributed by atoms with Crippen molar-refractivity contribution in [3.8, 4) is 0 Å². The molecule has 1 rings (SSSR count). The molecule has 0 amide bonds. The smallest absolute Gasteiger partial charge is 0.0626 e. The van der Waals surface area contributed by atoms with E-state index >= 15 is 0 Å². The molecule has 0 aromatic heterocycles. The molecule has 0 heterocycles. The first-order valence-corrected chi connectivity index (χ1v) is 5.61. The number of nitrogens with one attached hydrogen (secondary N) is 1. The standard InChI is InChI=1S/C11H15Cl2NO/c1-7(2)14-11(6-15)8-3-9(12)5-10(13)4-8/h3-5,7,11,14-15H,6H2,1-2H3. The van der Waals surface area contributed by atoms with Crippen LogP contribution >= 0.6 is 23.2 Å². The van der Waals surface area contributed by atoms with Gasteiger partial charge in [0.2, 0.25) is 0 Å². The lowest BCUT2D eigenvalue weighted by atomic mass is 10.1. The van der Waals surface area contributed by atoms with Crippen LogP contribution in [0.3, 0.4) is 0 Å². The molecule has 1 atom stereocenters. The third-order valence-electron chi connectivity index (χ3n) is 2.00. The summed E-state index contributed by atoms with van der Waals surface area (Å²) < 4.78 is 0. The van der Waals surface area contributed by atoms with E-state index < -0.39 is 0 Å². The summed E-state index contributed by atoms with van der Waals surface area (Å²) in [4.78, 5) is 0. The molecular formula is C11H15Cl2NO. The molecule has 0 bridgehead atoms.